The van der Waals surface area contributed by atoms with Crippen LogP contribution in [-0.2, 0) is 0 Å². The highest BCUT2D eigenvalue weighted by Gasteiger charge is 2.26. The summed E-state index contributed by atoms with van der Waals surface area (Å²) in [4.78, 5) is 14.0. The Hall–Kier alpha value is -1.71. The van der Waals surface area contributed by atoms with E-state index in [1.165, 1.54) is 7.11 Å². The van der Waals surface area contributed by atoms with Gasteiger partial charge >= 0.3 is 0 Å². The number of aromatic hydroxyl groups is 1. The number of likely N-dealkylation sites (tertiary alicyclic amines) is 1. The Balaban J connectivity index is 2.25. The highest BCUT2D eigenvalue weighted by atomic mass is 16.5. The topological polar surface area (TPSA) is 49.8 Å². The van der Waals surface area contributed by atoms with Crippen LogP contribution in [0.4, 0.5) is 0 Å². The van der Waals surface area contributed by atoms with Gasteiger partial charge in [0.25, 0.3) is 5.91 Å². The molecule has 1 unspecified atom stereocenters. The van der Waals surface area contributed by atoms with E-state index in [1.807, 2.05) is 0 Å². The third-order valence-corrected chi connectivity index (χ3v) is 3.16. The molecule has 1 atom stereocenters. The third-order valence-electron chi connectivity index (χ3n) is 3.16. The molecule has 1 amide bonds. The van der Waals surface area contributed by atoms with Crippen molar-refractivity contribution in [2.45, 2.75) is 13.3 Å². The molecule has 1 aliphatic rings. The van der Waals surface area contributed by atoms with Gasteiger partial charge in [-0.25, -0.2) is 0 Å². The lowest BCUT2D eigenvalue weighted by atomic mass is 10.1. The van der Waals surface area contributed by atoms with Gasteiger partial charge in [0.2, 0.25) is 0 Å². The first-order chi connectivity index (χ1) is 8.13. The van der Waals surface area contributed by atoms with Gasteiger partial charge in [0, 0.05) is 13.1 Å². The van der Waals surface area contributed by atoms with Crippen LogP contribution >= 0.6 is 0 Å². The van der Waals surface area contributed by atoms with Crippen LogP contribution in [0, 0.1) is 5.92 Å². The van der Waals surface area contributed by atoms with Crippen molar-refractivity contribution in [1.82, 2.24) is 4.90 Å². The fourth-order valence-electron chi connectivity index (χ4n) is 2.15. The number of amides is 1. The monoisotopic (exact) mass is 235 g/mol. The number of hydrogen-bond donors (Lipinski definition) is 1. The molecule has 2 rings (SSSR count). The molecule has 1 aromatic carbocycles. The number of methoxy groups -OCH3 is 1. The number of carbonyl (C=O) groups is 1. The Morgan fingerprint density at radius 3 is 2.88 bits per heavy atom. The average Bonchev–Trinajstić information content (AvgIpc) is 2.75. The van der Waals surface area contributed by atoms with Crippen molar-refractivity contribution in [2.24, 2.45) is 5.92 Å². The van der Waals surface area contributed by atoms with Crippen LogP contribution in [0.1, 0.15) is 23.7 Å². The van der Waals surface area contributed by atoms with E-state index in [0.717, 1.165) is 19.5 Å². The second-order valence-corrected chi connectivity index (χ2v) is 4.50. The number of nitrogens with zero attached hydrogens (tertiary/aromatic N) is 1. The van der Waals surface area contributed by atoms with E-state index in [2.05, 4.69) is 6.92 Å². The van der Waals surface area contributed by atoms with E-state index in [9.17, 15) is 9.90 Å². The van der Waals surface area contributed by atoms with Crippen molar-refractivity contribution in [3.63, 3.8) is 0 Å². The van der Waals surface area contributed by atoms with Gasteiger partial charge in [-0.1, -0.05) is 13.0 Å². The van der Waals surface area contributed by atoms with Gasteiger partial charge in [0.15, 0.2) is 11.5 Å². The number of hydrogen-bond acceptors (Lipinski definition) is 3. The molecule has 0 spiro atoms. The average molecular weight is 235 g/mol. The molecule has 0 aliphatic carbocycles. The largest absolute Gasteiger partial charge is 0.504 e. The fourth-order valence-corrected chi connectivity index (χ4v) is 2.15. The molecular weight excluding hydrogens is 218 g/mol. The quantitative estimate of drug-likeness (QED) is 0.851. The summed E-state index contributed by atoms with van der Waals surface area (Å²) in [5.41, 5.74) is 0.318. The van der Waals surface area contributed by atoms with E-state index >= 15 is 0 Å². The van der Waals surface area contributed by atoms with Crippen molar-refractivity contribution >= 4 is 5.91 Å². The summed E-state index contributed by atoms with van der Waals surface area (Å²) in [7, 11) is 1.47. The third kappa shape index (κ3) is 2.20. The lowest BCUT2D eigenvalue weighted by Crippen LogP contribution is -2.28. The highest BCUT2D eigenvalue weighted by molar-refractivity contribution is 5.97. The molecule has 1 heterocycles. The normalized spacial score (nSPS) is 19.4. The highest BCUT2D eigenvalue weighted by Crippen LogP contribution is 2.31. The smallest absolute Gasteiger partial charge is 0.257 e. The molecule has 1 fully saturated rings. The molecule has 1 saturated heterocycles. The van der Waals surface area contributed by atoms with E-state index in [4.69, 9.17) is 4.74 Å². The molecule has 1 aromatic rings. The summed E-state index contributed by atoms with van der Waals surface area (Å²) >= 11 is 0. The van der Waals surface area contributed by atoms with Gasteiger partial charge in [-0.05, 0) is 24.5 Å². The number of phenols is 1. The Kier molecular flexibility index (Phi) is 3.22. The van der Waals surface area contributed by atoms with E-state index in [0.29, 0.717) is 17.2 Å². The first-order valence-electron chi connectivity index (χ1n) is 5.78. The minimum atomic E-state index is -0.120. The standard InChI is InChI=1S/C13H17NO3/c1-9-6-7-14(8-9)13(16)10-4-3-5-11(17-2)12(10)15/h3-5,9,15H,6-8H2,1-2H3. The molecular formula is C13H17NO3. The first kappa shape index (κ1) is 11.8. The van der Waals surface area contributed by atoms with Gasteiger partial charge in [0.1, 0.15) is 0 Å². The van der Waals surface area contributed by atoms with Crippen LogP contribution in [0.2, 0.25) is 0 Å². The molecule has 4 heteroatoms. The maximum atomic E-state index is 12.2. The molecule has 0 aromatic heterocycles. The van der Waals surface area contributed by atoms with Crippen molar-refractivity contribution in [2.75, 3.05) is 20.2 Å². The predicted octanol–water partition coefficient (Wildman–Crippen LogP) is 1.88. The van der Waals surface area contributed by atoms with E-state index in [1.54, 1.807) is 23.1 Å². The van der Waals surface area contributed by atoms with E-state index in [-0.39, 0.29) is 11.7 Å². The number of phenolic OH excluding ortho intramolecular Hbond substituents is 1. The molecule has 17 heavy (non-hydrogen) atoms. The van der Waals surface area contributed by atoms with Crippen LogP contribution in [0.3, 0.4) is 0 Å². The maximum Gasteiger partial charge on any atom is 0.257 e. The van der Waals surface area contributed by atoms with Crippen molar-refractivity contribution in [3.8, 4) is 11.5 Å². The number of rotatable bonds is 2. The fraction of sp³-hybridized carbons (Fsp3) is 0.462. The van der Waals surface area contributed by atoms with Crippen molar-refractivity contribution in [3.05, 3.63) is 23.8 Å². The van der Waals surface area contributed by atoms with Crippen LogP contribution in [0.25, 0.3) is 0 Å². The molecule has 1 aliphatic heterocycles. The Labute approximate surface area is 101 Å². The second-order valence-electron chi connectivity index (χ2n) is 4.50. The van der Waals surface area contributed by atoms with Gasteiger partial charge in [-0.15, -0.1) is 0 Å². The van der Waals surface area contributed by atoms with Gasteiger partial charge < -0.3 is 14.7 Å². The summed E-state index contributed by atoms with van der Waals surface area (Å²) in [5.74, 6) is 0.681. The van der Waals surface area contributed by atoms with Crippen molar-refractivity contribution in [1.29, 1.82) is 0 Å². The Morgan fingerprint density at radius 2 is 2.29 bits per heavy atom. The number of carbonyl (C=O) groups excluding carboxylic acids is 1. The zero-order valence-corrected chi connectivity index (χ0v) is 10.1. The summed E-state index contributed by atoms with van der Waals surface area (Å²) in [6, 6.07) is 4.98. The molecule has 0 radical (unpaired) electrons. The predicted molar refractivity (Wildman–Crippen MR) is 64.3 cm³/mol. The number of benzene rings is 1. The Bertz CT molecular complexity index is 431. The van der Waals surface area contributed by atoms with Gasteiger partial charge in [-0.3, -0.25) is 4.79 Å². The zero-order valence-electron chi connectivity index (χ0n) is 10.1. The molecule has 92 valence electrons. The minimum Gasteiger partial charge on any atom is -0.504 e. The van der Waals surface area contributed by atoms with Gasteiger partial charge in [0.05, 0.1) is 12.7 Å². The summed E-state index contributed by atoms with van der Waals surface area (Å²) in [5, 5.41) is 9.91. The molecule has 0 bridgehead atoms. The second kappa shape index (κ2) is 4.65. The number of ether oxygens (including phenoxy) is 1. The SMILES string of the molecule is COc1cccc(C(=O)N2CCC(C)C2)c1O. The lowest BCUT2D eigenvalue weighted by Gasteiger charge is -2.17. The zero-order chi connectivity index (χ0) is 12.4. The van der Waals surface area contributed by atoms with Crippen LogP contribution in [-0.4, -0.2) is 36.1 Å². The van der Waals surface area contributed by atoms with Crippen LogP contribution in [0.5, 0.6) is 11.5 Å². The maximum absolute atomic E-state index is 12.2. The Morgan fingerprint density at radius 1 is 1.53 bits per heavy atom. The lowest BCUT2D eigenvalue weighted by molar-refractivity contribution is 0.0784. The molecule has 1 N–H and O–H groups in total. The summed E-state index contributed by atoms with van der Waals surface area (Å²) in [6.45, 7) is 3.64. The number of para-hydroxylation sites is 1. The van der Waals surface area contributed by atoms with Crippen LogP contribution < -0.4 is 4.74 Å². The summed E-state index contributed by atoms with van der Waals surface area (Å²) < 4.78 is 5.00. The molecule has 4 nitrogen and oxygen atoms in total. The van der Waals surface area contributed by atoms with Crippen molar-refractivity contribution < 1.29 is 14.6 Å². The van der Waals surface area contributed by atoms with Gasteiger partial charge in [-0.2, -0.15) is 0 Å². The molecule has 0 saturated carbocycles. The van der Waals surface area contributed by atoms with E-state index < -0.39 is 0 Å². The summed E-state index contributed by atoms with van der Waals surface area (Å²) in [6.07, 6.45) is 1.02. The minimum absolute atomic E-state index is 0.0699. The first-order valence-corrected chi connectivity index (χ1v) is 5.78. The van der Waals surface area contributed by atoms with Crippen LogP contribution in [0.15, 0.2) is 18.2 Å².